The van der Waals surface area contributed by atoms with Crippen LogP contribution in [-0.4, -0.2) is 85.1 Å². The summed E-state index contributed by atoms with van der Waals surface area (Å²) in [6.45, 7) is 0. The van der Waals surface area contributed by atoms with Gasteiger partial charge in [0.05, 0.1) is 32.5 Å². The van der Waals surface area contributed by atoms with E-state index in [0.717, 1.165) is 11.1 Å². The zero-order valence-corrected chi connectivity index (χ0v) is 31.3. The molecule has 6 aromatic carbocycles. The summed E-state index contributed by atoms with van der Waals surface area (Å²) in [6.07, 6.45) is 0. The minimum absolute atomic E-state index is 0. The molecule has 0 heterocycles. The van der Waals surface area contributed by atoms with E-state index in [1.807, 2.05) is 48.5 Å². The van der Waals surface area contributed by atoms with Crippen molar-refractivity contribution in [2.75, 3.05) is 11.5 Å². The minimum atomic E-state index is -4.38. The number of fused-ring (bicyclic) bond motifs is 2. The van der Waals surface area contributed by atoms with Gasteiger partial charge in [-0.1, -0.05) is 36.4 Å². The molecule has 0 aromatic heterocycles. The van der Waals surface area contributed by atoms with Crippen molar-refractivity contribution in [1.29, 1.82) is 0 Å². The zero-order chi connectivity index (χ0) is 32.6. The molecule has 0 aliphatic rings. The Balaban J connectivity index is 0.00000260. The number of anilines is 2. The fraction of sp³-hybridized carbons (Fsp3) is 0. The van der Waals surface area contributed by atoms with E-state index < -0.39 is 20.2 Å². The number of nitrogen functional groups attached to an aromatic ring is 2. The fourth-order valence-electron chi connectivity index (χ4n) is 4.83. The summed E-state index contributed by atoms with van der Waals surface area (Å²) in [5, 5.41) is 19.3. The molecule has 0 spiro atoms. The second-order valence-electron chi connectivity index (χ2n) is 10.2. The van der Waals surface area contributed by atoms with Crippen molar-refractivity contribution in [1.82, 2.24) is 0 Å². The predicted molar refractivity (Wildman–Crippen MR) is 188 cm³/mol. The van der Waals surface area contributed by atoms with Crippen molar-refractivity contribution in [3.8, 4) is 11.1 Å². The molecular formula is C32H24N6Na2O6S2. The summed E-state index contributed by atoms with van der Waals surface area (Å²) in [5.41, 5.74) is 16.7. The molecule has 2 radical (unpaired) electrons. The summed E-state index contributed by atoms with van der Waals surface area (Å²) in [7, 11) is -8.76. The molecule has 16 heteroatoms. The number of hydrogen-bond donors (Lipinski definition) is 4. The quantitative estimate of drug-likeness (QED) is 0.0570. The summed E-state index contributed by atoms with van der Waals surface area (Å²) >= 11 is 0. The first-order valence-corrected chi connectivity index (χ1v) is 16.4. The molecule has 0 saturated carbocycles. The van der Waals surface area contributed by atoms with Crippen LogP contribution in [-0.2, 0) is 20.2 Å². The second-order valence-corrected chi connectivity index (χ2v) is 13.0. The van der Waals surface area contributed by atoms with E-state index in [2.05, 4.69) is 20.5 Å². The van der Waals surface area contributed by atoms with Gasteiger partial charge in [-0.15, -0.1) is 10.2 Å². The van der Waals surface area contributed by atoms with Gasteiger partial charge in [-0.25, -0.2) is 0 Å². The average molecular weight is 699 g/mol. The van der Waals surface area contributed by atoms with E-state index in [1.54, 1.807) is 24.3 Å². The number of rotatable bonds is 7. The van der Waals surface area contributed by atoms with Gasteiger partial charge < -0.3 is 11.5 Å². The van der Waals surface area contributed by atoms with Gasteiger partial charge in [0.15, 0.2) is 0 Å². The molecule has 0 amide bonds. The number of nitrogens with two attached hydrogens (primary N) is 2. The van der Waals surface area contributed by atoms with Gasteiger partial charge in [0, 0.05) is 92.0 Å². The van der Waals surface area contributed by atoms with Crippen molar-refractivity contribution < 1.29 is 25.9 Å². The minimum Gasteiger partial charge on any atom is -0.398 e. The SMILES string of the molecule is Nc1ccc(N=Nc2ccc(-c3ccc(N=Nc4ccc(N)c5cc(S(=O)(=O)O)ccc45)cc3)cc2)c2ccc(S(=O)(=O)O)cc12.[Na].[Na]. The summed E-state index contributed by atoms with van der Waals surface area (Å²) < 4.78 is 64.9. The van der Waals surface area contributed by atoms with Gasteiger partial charge in [0.1, 0.15) is 0 Å². The summed E-state index contributed by atoms with van der Waals surface area (Å²) in [4.78, 5) is -0.524. The maximum absolute atomic E-state index is 11.5. The number of azo groups is 2. The van der Waals surface area contributed by atoms with Gasteiger partial charge in [-0.2, -0.15) is 27.1 Å². The Morgan fingerprint density at radius 1 is 0.438 bits per heavy atom. The standard InChI is InChI=1S/C32H24N6O6S2.2Na/c33-29-13-15-31(25-11-9-23(17-27(25)29)45(39,40)41)37-35-21-5-1-19(2-6-21)20-3-7-22(8-4-20)36-38-32-16-14-30(34)28-18-24(46(42,43)44)10-12-26(28)32;;/h1-18H,33-34H2,(H,39,40,41)(H,42,43,44);;. The molecule has 6 N–H and O–H groups in total. The van der Waals surface area contributed by atoms with Crippen LogP contribution in [0.5, 0.6) is 0 Å². The van der Waals surface area contributed by atoms with Crippen LogP contribution in [0.1, 0.15) is 0 Å². The molecular weight excluding hydrogens is 675 g/mol. The van der Waals surface area contributed by atoms with Gasteiger partial charge in [-0.3, -0.25) is 9.11 Å². The Bertz CT molecular complexity index is 2270. The van der Waals surface area contributed by atoms with Crippen LogP contribution in [0.2, 0.25) is 0 Å². The molecule has 12 nitrogen and oxygen atoms in total. The normalized spacial score (nSPS) is 12.0. The molecule has 0 unspecified atom stereocenters. The van der Waals surface area contributed by atoms with Crippen molar-refractivity contribution in [2.45, 2.75) is 9.79 Å². The van der Waals surface area contributed by atoms with Crippen molar-refractivity contribution in [3.05, 3.63) is 109 Å². The van der Waals surface area contributed by atoms with Gasteiger partial charge in [0.25, 0.3) is 20.2 Å². The topological polar surface area (TPSA) is 210 Å². The van der Waals surface area contributed by atoms with Crippen LogP contribution in [0, 0.1) is 0 Å². The smallest absolute Gasteiger partial charge is 0.294 e. The van der Waals surface area contributed by atoms with E-state index in [9.17, 15) is 25.9 Å². The Morgan fingerprint density at radius 3 is 1.12 bits per heavy atom. The molecule has 0 aliphatic heterocycles. The Kier molecular flexibility index (Phi) is 11.6. The van der Waals surface area contributed by atoms with Gasteiger partial charge in [0.2, 0.25) is 0 Å². The van der Waals surface area contributed by atoms with E-state index in [0.29, 0.717) is 55.7 Å². The van der Waals surface area contributed by atoms with Crippen molar-refractivity contribution in [2.24, 2.45) is 20.5 Å². The first-order valence-electron chi connectivity index (χ1n) is 13.5. The fourth-order valence-corrected chi connectivity index (χ4v) is 5.84. The molecule has 48 heavy (non-hydrogen) atoms. The Morgan fingerprint density at radius 2 is 0.792 bits per heavy atom. The summed E-state index contributed by atoms with van der Waals surface area (Å²) in [5.74, 6) is 0. The number of benzene rings is 6. The van der Waals surface area contributed by atoms with E-state index >= 15 is 0 Å². The maximum Gasteiger partial charge on any atom is 0.294 e. The van der Waals surface area contributed by atoms with Crippen molar-refractivity contribution in [3.63, 3.8) is 0 Å². The van der Waals surface area contributed by atoms with E-state index in [4.69, 9.17) is 11.5 Å². The molecule has 0 atom stereocenters. The predicted octanol–water partition coefficient (Wildman–Crippen LogP) is 7.39. The molecule has 6 rings (SSSR count). The molecule has 232 valence electrons. The number of hydrogen-bond acceptors (Lipinski definition) is 10. The molecule has 0 bridgehead atoms. The van der Waals surface area contributed by atoms with Crippen molar-refractivity contribution >= 4 is 135 Å². The first kappa shape index (κ1) is 37.3. The largest absolute Gasteiger partial charge is 0.398 e. The Hall–Kier alpha value is -3.54. The Labute approximate surface area is 320 Å². The van der Waals surface area contributed by atoms with Crippen LogP contribution in [0.25, 0.3) is 32.7 Å². The van der Waals surface area contributed by atoms with Crippen LogP contribution >= 0.6 is 0 Å². The van der Waals surface area contributed by atoms with Gasteiger partial charge in [-0.05, 0) is 83.9 Å². The summed E-state index contributed by atoms with van der Waals surface area (Å²) in [6, 6.07) is 29.6. The monoisotopic (exact) mass is 698 g/mol. The van der Waals surface area contributed by atoms with Crippen LogP contribution in [0.3, 0.4) is 0 Å². The van der Waals surface area contributed by atoms with Crippen LogP contribution in [0.4, 0.5) is 34.1 Å². The maximum atomic E-state index is 11.5. The van der Waals surface area contributed by atoms with E-state index in [-0.39, 0.29) is 68.9 Å². The molecule has 6 aromatic rings. The van der Waals surface area contributed by atoms with Crippen LogP contribution < -0.4 is 11.5 Å². The third-order valence-corrected chi connectivity index (χ3v) is 8.91. The van der Waals surface area contributed by atoms with E-state index in [1.165, 1.54) is 36.4 Å². The molecule has 0 saturated heterocycles. The first-order chi connectivity index (χ1) is 21.9. The van der Waals surface area contributed by atoms with Gasteiger partial charge >= 0.3 is 0 Å². The zero-order valence-electron chi connectivity index (χ0n) is 25.7. The number of nitrogens with zero attached hydrogens (tertiary/aromatic N) is 4. The van der Waals surface area contributed by atoms with Crippen LogP contribution in [0.15, 0.2) is 139 Å². The average Bonchev–Trinajstić information content (AvgIpc) is 3.04. The third-order valence-electron chi connectivity index (χ3n) is 7.21. The second kappa shape index (κ2) is 14.9. The molecule has 0 fully saturated rings. The third kappa shape index (κ3) is 8.18. The molecule has 0 aliphatic carbocycles.